The molecule has 1 N–H and O–H groups in total. The molecule has 2 unspecified atom stereocenters. The quantitative estimate of drug-likeness (QED) is 0.835. The number of benzene rings is 1. The van der Waals surface area contributed by atoms with Gasteiger partial charge in [0.05, 0.1) is 0 Å². The van der Waals surface area contributed by atoms with Crippen LogP contribution in [0.25, 0.3) is 0 Å². The first-order valence-corrected chi connectivity index (χ1v) is 8.46. The predicted molar refractivity (Wildman–Crippen MR) is 85.3 cm³/mol. The molecule has 3 nitrogen and oxygen atoms in total. The first-order valence-electron chi connectivity index (χ1n) is 7.67. The monoisotopic (exact) mass is 338 g/mol. The summed E-state index contributed by atoms with van der Waals surface area (Å²) in [6.45, 7) is 4.28. The van der Waals surface area contributed by atoms with Crippen molar-refractivity contribution in [3.63, 3.8) is 0 Å². The van der Waals surface area contributed by atoms with Crippen molar-refractivity contribution in [2.24, 2.45) is 0 Å². The Bertz CT molecular complexity index is 423. The molecule has 2 aliphatic heterocycles. The van der Waals surface area contributed by atoms with Crippen LogP contribution in [0.2, 0.25) is 0 Å². The van der Waals surface area contributed by atoms with Crippen LogP contribution in [0.15, 0.2) is 28.7 Å². The maximum Gasteiger partial charge on any atom is 0.119 e. The van der Waals surface area contributed by atoms with Crippen LogP contribution in [-0.2, 0) is 0 Å². The topological polar surface area (TPSA) is 24.5 Å². The zero-order valence-corrected chi connectivity index (χ0v) is 13.4. The highest BCUT2D eigenvalue weighted by Gasteiger charge is 2.31. The van der Waals surface area contributed by atoms with Crippen LogP contribution < -0.4 is 10.1 Å². The second kappa shape index (κ2) is 6.92. The third kappa shape index (κ3) is 3.74. The molecule has 3 rings (SSSR count). The third-order valence-electron chi connectivity index (χ3n) is 4.44. The zero-order valence-electron chi connectivity index (χ0n) is 11.9. The fourth-order valence-corrected chi connectivity index (χ4v) is 3.64. The van der Waals surface area contributed by atoms with E-state index in [2.05, 4.69) is 26.1 Å². The molecule has 1 aromatic rings. The van der Waals surface area contributed by atoms with Crippen LogP contribution in [0.3, 0.4) is 0 Å². The van der Waals surface area contributed by atoms with Crippen molar-refractivity contribution in [1.29, 1.82) is 0 Å². The van der Waals surface area contributed by atoms with Gasteiger partial charge in [-0.1, -0.05) is 15.9 Å². The van der Waals surface area contributed by atoms with Crippen molar-refractivity contribution < 1.29 is 4.74 Å². The predicted octanol–water partition coefficient (Wildman–Crippen LogP) is 3.04. The highest BCUT2D eigenvalue weighted by atomic mass is 79.9. The van der Waals surface area contributed by atoms with Crippen LogP contribution in [-0.4, -0.2) is 43.2 Å². The smallest absolute Gasteiger partial charge is 0.119 e. The number of hydrogen-bond donors (Lipinski definition) is 1. The van der Waals surface area contributed by atoms with Gasteiger partial charge in [0.15, 0.2) is 0 Å². The molecular weight excluding hydrogens is 316 g/mol. The van der Waals surface area contributed by atoms with Crippen LogP contribution >= 0.6 is 15.9 Å². The van der Waals surface area contributed by atoms with E-state index in [-0.39, 0.29) is 0 Å². The first kappa shape index (κ1) is 14.4. The van der Waals surface area contributed by atoms with Gasteiger partial charge >= 0.3 is 0 Å². The number of fused-ring (bicyclic) bond motifs is 1. The molecule has 0 aliphatic carbocycles. The molecule has 4 heteroatoms. The van der Waals surface area contributed by atoms with Crippen LogP contribution in [0.4, 0.5) is 0 Å². The molecule has 0 spiro atoms. The van der Waals surface area contributed by atoms with E-state index in [1.165, 1.54) is 38.8 Å². The standard InChI is InChI=1S/C16H23BrN2O/c17-13-3-5-16(6-4-13)20-11-8-18-14-7-10-19-9-1-2-15(19)12-14/h3-6,14-15,18H,1-2,7-12H2. The summed E-state index contributed by atoms with van der Waals surface area (Å²) in [6.07, 6.45) is 5.39. The van der Waals surface area contributed by atoms with Crippen molar-refractivity contribution in [3.05, 3.63) is 28.7 Å². The Kier molecular flexibility index (Phi) is 4.97. The molecule has 0 aromatic heterocycles. The molecular formula is C16H23BrN2O. The third-order valence-corrected chi connectivity index (χ3v) is 4.97. The summed E-state index contributed by atoms with van der Waals surface area (Å²) in [6, 6.07) is 9.55. The number of nitrogens with zero attached hydrogens (tertiary/aromatic N) is 1. The SMILES string of the molecule is Brc1ccc(OCCNC2CCN3CCCC3C2)cc1. The fourth-order valence-electron chi connectivity index (χ4n) is 3.37. The minimum absolute atomic E-state index is 0.683. The van der Waals surface area contributed by atoms with Gasteiger partial charge in [-0.2, -0.15) is 0 Å². The van der Waals surface area contributed by atoms with E-state index in [1.54, 1.807) is 0 Å². The Hall–Kier alpha value is -0.580. The molecule has 0 saturated carbocycles. The number of piperidine rings is 1. The second-order valence-electron chi connectivity index (χ2n) is 5.81. The summed E-state index contributed by atoms with van der Waals surface area (Å²) in [5.41, 5.74) is 0. The van der Waals surface area contributed by atoms with E-state index < -0.39 is 0 Å². The van der Waals surface area contributed by atoms with Gasteiger partial charge in [0.2, 0.25) is 0 Å². The average Bonchev–Trinajstić information content (AvgIpc) is 2.93. The molecule has 0 radical (unpaired) electrons. The van der Waals surface area contributed by atoms with E-state index in [1.807, 2.05) is 24.3 Å². The van der Waals surface area contributed by atoms with E-state index in [9.17, 15) is 0 Å². The summed E-state index contributed by atoms with van der Waals surface area (Å²) >= 11 is 3.43. The minimum atomic E-state index is 0.683. The van der Waals surface area contributed by atoms with E-state index >= 15 is 0 Å². The van der Waals surface area contributed by atoms with Gasteiger partial charge in [-0.05, 0) is 63.0 Å². The van der Waals surface area contributed by atoms with Crippen molar-refractivity contribution in [2.75, 3.05) is 26.2 Å². The molecule has 2 fully saturated rings. The first-order chi connectivity index (χ1) is 9.81. The van der Waals surface area contributed by atoms with E-state index in [0.29, 0.717) is 6.04 Å². The highest BCUT2D eigenvalue weighted by Crippen LogP contribution is 2.26. The van der Waals surface area contributed by atoms with Gasteiger partial charge in [-0.15, -0.1) is 0 Å². The van der Waals surface area contributed by atoms with Crippen molar-refractivity contribution >= 4 is 15.9 Å². The van der Waals surface area contributed by atoms with Crippen molar-refractivity contribution in [1.82, 2.24) is 10.2 Å². The Morgan fingerprint density at radius 2 is 2.05 bits per heavy atom. The average molecular weight is 339 g/mol. The summed E-state index contributed by atoms with van der Waals surface area (Å²) in [5.74, 6) is 0.945. The lowest BCUT2D eigenvalue weighted by Crippen LogP contribution is -2.46. The fraction of sp³-hybridized carbons (Fsp3) is 0.625. The number of ether oxygens (including phenoxy) is 1. The summed E-state index contributed by atoms with van der Waals surface area (Å²) in [4.78, 5) is 2.66. The Morgan fingerprint density at radius 3 is 2.90 bits per heavy atom. The number of rotatable bonds is 5. The molecule has 2 saturated heterocycles. The summed E-state index contributed by atoms with van der Waals surface area (Å²) in [5, 5.41) is 3.65. The van der Waals surface area contributed by atoms with Crippen molar-refractivity contribution in [2.45, 2.75) is 37.8 Å². The van der Waals surface area contributed by atoms with Gasteiger partial charge in [-0.3, -0.25) is 0 Å². The Balaban J connectivity index is 1.34. The number of halogens is 1. The van der Waals surface area contributed by atoms with Gasteiger partial charge in [-0.25, -0.2) is 0 Å². The number of nitrogens with one attached hydrogen (secondary N) is 1. The van der Waals surface area contributed by atoms with Gasteiger partial charge in [0, 0.05) is 23.1 Å². The van der Waals surface area contributed by atoms with Crippen molar-refractivity contribution in [3.8, 4) is 5.75 Å². The Labute approximate surface area is 129 Å². The molecule has 0 amide bonds. The van der Waals surface area contributed by atoms with Crippen LogP contribution in [0, 0.1) is 0 Å². The summed E-state index contributed by atoms with van der Waals surface area (Å²) in [7, 11) is 0. The normalized spacial score (nSPS) is 26.4. The lowest BCUT2D eigenvalue weighted by atomic mass is 9.98. The molecule has 2 heterocycles. The lowest BCUT2D eigenvalue weighted by molar-refractivity contribution is 0.163. The van der Waals surface area contributed by atoms with E-state index in [0.717, 1.165) is 29.4 Å². The van der Waals surface area contributed by atoms with Crippen LogP contribution in [0.1, 0.15) is 25.7 Å². The summed E-state index contributed by atoms with van der Waals surface area (Å²) < 4.78 is 6.83. The molecule has 110 valence electrons. The van der Waals surface area contributed by atoms with E-state index in [4.69, 9.17) is 4.74 Å². The lowest BCUT2D eigenvalue weighted by Gasteiger charge is -2.35. The Morgan fingerprint density at radius 1 is 1.20 bits per heavy atom. The molecule has 2 aliphatic rings. The second-order valence-corrected chi connectivity index (χ2v) is 6.73. The minimum Gasteiger partial charge on any atom is -0.492 e. The molecule has 20 heavy (non-hydrogen) atoms. The maximum atomic E-state index is 5.74. The molecule has 0 bridgehead atoms. The molecule has 2 atom stereocenters. The van der Waals surface area contributed by atoms with Crippen LogP contribution in [0.5, 0.6) is 5.75 Å². The number of hydrogen-bond acceptors (Lipinski definition) is 3. The maximum absolute atomic E-state index is 5.74. The van der Waals surface area contributed by atoms with Gasteiger partial charge in [0.1, 0.15) is 12.4 Å². The zero-order chi connectivity index (χ0) is 13.8. The largest absolute Gasteiger partial charge is 0.492 e. The van der Waals surface area contributed by atoms with Gasteiger partial charge < -0.3 is 15.0 Å². The van der Waals surface area contributed by atoms with Gasteiger partial charge in [0.25, 0.3) is 0 Å². The highest BCUT2D eigenvalue weighted by molar-refractivity contribution is 9.10. The molecule has 1 aromatic carbocycles.